The van der Waals surface area contributed by atoms with Gasteiger partial charge < -0.3 is 10.4 Å². The standard InChI is InChI=1S/C30H35NO3S/c32-29(19-10-2-1-5-12-24-13-6-3-7-14-24)31-27(20-21-30(33)34)23-35-28-18-11-17-26(22-28)25-15-8-4-9-16-25/h3-4,6-9,11,13-18,22,27H,1-2,5,10,12,19-21,23H2,(H,31,32)(H,33,34)/t27-/m0/s1. The summed E-state index contributed by atoms with van der Waals surface area (Å²) in [7, 11) is 0. The molecule has 0 radical (unpaired) electrons. The molecule has 0 aliphatic carbocycles. The first-order chi connectivity index (χ1) is 17.1. The lowest BCUT2D eigenvalue weighted by Gasteiger charge is -2.18. The molecule has 1 amide bonds. The molecule has 3 rings (SSSR count). The zero-order chi connectivity index (χ0) is 24.7. The van der Waals surface area contributed by atoms with Crippen LogP contribution < -0.4 is 5.32 Å². The Labute approximate surface area is 213 Å². The molecule has 0 aliphatic heterocycles. The Hall–Kier alpha value is -3.05. The molecule has 35 heavy (non-hydrogen) atoms. The molecule has 0 aromatic heterocycles. The minimum absolute atomic E-state index is 0.0158. The summed E-state index contributed by atoms with van der Waals surface area (Å²) in [6, 6.07) is 28.9. The maximum absolute atomic E-state index is 12.5. The Bertz CT molecular complexity index is 1040. The van der Waals surface area contributed by atoms with Crippen molar-refractivity contribution in [2.24, 2.45) is 0 Å². The van der Waals surface area contributed by atoms with Crippen molar-refractivity contribution in [1.29, 1.82) is 0 Å². The van der Waals surface area contributed by atoms with Gasteiger partial charge in [0.2, 0.25) is 5.91 Å². The number of amides is 1. The van der Waals surface area contributed by atoms with Crippen LogP contribution in [0.25, 0.3) is 11.1 Å². The van der Waals surface area contributed by atoms with Gasteiger partial charge in [-0.25, -0.2) is 0 Å². The van der Waals surface area contributed by atoms with Crippen molar-refractivity contribution in [2.45, 2.75) is 62.3 Å². The number of thioether (sulfide) groups is 1. The minimum Gasteiger partial charge on any atom is -0.481 e. The zero-order valence-corrected chi connectivity index (χ0v) is 21.0. The second kappa shape index (κ2) is 15.0. The van der Waals surface area contributed by atoms with Crippen LogP contribution in [0.4, 0.5) is 0 Å². The van der Waals surface area contributed by atoms with Gasteiger partial charge in [-0.05, 0) is 54.5 Å². The number of nitrogens with one attached hydrogen (secondary N) is 1. The van der Waals surface area contributed by atoms with E-state index in [0.717, 1.165) is 48.1 Å². The van der Waals surface area contributed by atoms with Gasteiger partial charge in [-0.2, -0.15) is 0 Å². The second-order valence-electron chi connectivity index (χ2n) is 8.80. The molecule has 0 fully saturated rings. The maximum Gasteiger partial charge on any atom is 0.303 e. The quantitative estimate of drug-likeness (QED) is 0.178. The number of hydrogen-bond donors (Lipinski definition) is 2. The fraction of sp³-hybridized carbons (Fsp3) is 0.333. The summed E-state index contributed by atoms with van der Waals surface area (Å²) < 4.78 is 0. The van der Waals surface area contributed by atoms with E-state index in [1.807, 2.05) is 30.3 Å². The summed E-state index contributed by atoms with van der Waals surface area (Å²) in [5.41, 5.74) is 3.67. The number of unbranched alkanes of at least 4 members (excludes halogenated alkanes) is 3. The highest BCUT2D eigenvalue weighted by atomic mass is 32.2. The average Bonchev–Trinajstić information content (AvgIpc) is 2.89. The lowest BCUT2D eigenvalue weighted by Crippen LogP contribution is -2.37. The molecule has 184 valence electrons. The maximum atomic E-state index is 12.5. The topological polar surface area (TPSA) is 66.4 Å². The lowest BCUT2D eigenvalue weighted by atomic mass is 10.1. The number of aliphatic carboxylic acids is 1. The minimum atomic E-state index is -0.834. The number of carbonyl (C=O) groups is 2. The molecule has 0 aliphatic rings. The third-order valence-electron chi connectivity index (χ3n) is 5.93. The van der Waals surface area contributed by atoms with Crippen LogP contribution in [0.2, 0.25) is 0 Å². The van der Waals surface area contributed by atoms with Gasteiger partial charge in [-0.1, -0.05) is 85.6 Å². The average molecular weight is 490 g/mol. The fourth-order valence-corrected chi connectivity index (χ4v) is 5.03. The Morgan fingerprint density at radius 2 is 1.46 bits per heavy atom. The van der Waals surface area contributed by atoms with E-state index in [1.54, 1.807) is 11.8 Å². The summed E-state index contributed by atoms with van der Waals surface area (Å²) in [5.74, 6) is -0.172. The number of aryl methyl sites for hydroxylation is 1. The number of benzene rings is 3. The predicted octanol–water partition coefficient (Wildman–Crippen LogP) is 6.99. The fourth-order valence-electron chi connectivity index (χ4n) is 4.00. The Kier molecular flexibility index (Phi) is 11.4. The predicted molar refractivity (Wildman–Crippen MR) is 145 cm³/mol. The first-order valence-corrected chi connectivity index (χ1v) is 13.4. The summed E-state index contributed by atoms with van der Waals surface area (Å²) >= 11 is 1.66. The van der Waals surface area contributed by atoms with Gasteiger partial charge in [0.05, 0.1) is 0 Å². The molecule has 0 spiro atoms. The number of carbonyl (C=O) groups excluding carboxylic acids is 1. The van der Waals surface area contributed by atoms with Crippen LogP contribution in [-0.4, -0.2) is 28.8 Å². The molecule has 0 unspecified atom stereocenters. The van der Waals surface area contributed by atoms with E-state index >= 15 is 0 Å². The Balaban J connectivity index is 1.42. The molecule has 1 atom stereocenters. The highest BCUT2D eigenvalue weighted by Gasteiger charge is 2.15. The van der Waals surface area contributed by atoms with Gasteiger partial charge in [0.1, 0.15) is 0 Å². The molecule has 2 N–H and O–H groups in total. The molecule has 4 nitrogen and oxygen atoms in total. The van der Waals surface area contributed by atoms with E-state index in [0.29, 0.717) is 18.6 Å². The van der Waals surface area contributed by atoms with Crippen molar-refractivity contribution < 1.29 is 14.7 Å². The number of hydrogen-bond acceptors (Lipinski definition) is 3. The van der Waals surface area contributed by atoms with Crippen molar-refractivity contribution in [3.05, 3.63) is 90.5 Å². The smallest absolute Gasteiger partial charge is 0.303 e. The van der Waals surface area contributed by atoms with E-state index in [1.165, 1.54) is 5.56 Å². The normalized spacial score (nSPS) is 11.7. The van der Waals surface area contributed by atoms with Crippen LogP contribution >= 0.6 is 11.8 Å². The van der Waals surface area contributed by atoms with Crippen LogP contribution in [0.15, 0.2) is 89.8 Å². The third-order valence-corrected chi connectivity index (χ3v) is 7.08. The Morgan fingerprint density at radius 3 is 2.20 bits per heavy atom. The van der Waals surface area contributed by atoms with Crippen molar-refractivity contribution in [1.82, 2.24) is 5.32 Å². The third kappa shape index (κ3) is 10.4. The largest absolute Gasteiger partial charge is 0.481 e. The van der Waals surface area contributed by atoms with E-state index in [4.69, 9.17) is 5.11 Å². The number of rotatable bonds is 15. The molecule has 0 saturated carbocycles. The number of carboxylic acid groups (broad SMARTS) is 1. The van der Waals surface area contributed by atoms with Crippen molar-refractivity contribution in [2.75, 3.05) is 5.75 Å². The molecule has 0 saturated heterocycles. The number of carboxylic acids is 1. The summed E-state index contributed by atoms with van der Waals surface area (Å²) in [6.45, 7) is 0. The van der Waals surface area contributed by atoms with E-state index in [9.17, 15) is 9.59 Å². The summed E-state index contributed by atoms with van der Waals surface area (Å²) in [5, 5.41) is 12.2. The van der Waals surface area contributed by atoms with Crippen LogP contribution in [0.5, 0.6) is 0 Å². The molecule has 5 heteroatoms. The van der Waals surface area contributed by atoms with Gasteiger partial charge in [0.15, 0.2) is 0 Å². The monoisotopic (exact) mass is 489 g/mol. The highest BCUT2D eigenvalue weighted by molar-refractivity contribution is 7.99. The van der Waals surface area contributed by atoms with Crippen LogP contribution in [-0.2, 0) is 16.0 Å². The molecule has 0 bridgehead atoms. The SMILES string of the molecule is O=C(O)CC[C@@H](CSc1cccc(-c2ccccc2)c1)NC(=O)CCCCCCc1ccccc1. The van der Waals surface area contributed by atoms with Gasteiger partial charge >= 0.3 is 5.97 Å². The lowest BCUT2D eigenvalue weighted by molar-refractivity contribution is -0.137. The first-order valence-electron chi connectivity index (χ1n) is 12.4. The summed E-state index contributed by atoms with van der Waals surface area (Å²) in [4.78, 5) is 24.8. The molecular weight excluding hydrogens is 454 g/mol. The summed E-state index contributed by atoms with van der Waals surface area (Å²) in [6.07, 6.45) is 6.18. The van der Waals surface area contributed by atoms with E-state index in [2.05, 4.69) is 59.9 Å². The highest BCUT2D eigenvalue weighted by Crippen LogP contribution is 2.26. The van der Waals surface area contributed by atoms with Crippen LogP contribution in [0.1, 0.15) is 50.5 Å². The zero-order valence-electron chi connectivity index (χ0n) is 20.2. The van der Waals surface area contributed by atoms with E-state index in [-0.39, 0.29) is 18.4 Å². The van der Waals surface area contributed by atoms with Crippen LogP contribution in [0.3, 0.4) is 0 Å². The van der Waals surface area contributed by atoms with Crippen molar-refractivity contribution in [3.63, 3.8) is 0 Å². The molecular formula is C30H35NO3S. The molecule has 0 heterocycles. The Morgan fingerprint density at radius 1 is 0.771 bits per heavy atom. The first kappa shape index (κ1) is 26.6. The molecule has 3 aromatic carbocycles. The van der Waals surface area contributed by atoms with Crippen LogP contribution in [0, 0.1) is 0 Å². The van der Waals surface area contributed by atoms with Gasteiger partial charge in [-0.3, -0.25) is 9.59 Å². The van der Waals surface area contributed by atoms with Crippen molar-refractivity contribution >= 4 is 23.6 Å². The van der Waals surface area contributed by atoms with Gasteiger partial charge in [-0.15, -0.1) is 11.8 Å². The van der Waals surface area contributed by atoms with E-state index < -0.39 is 5.97 Å². The van der Waals surface area contributed by atoms with Gasteiger partial charge in [0, 0.05) is 29.5 Å². The second-order valence-corrected chi connectivity index (χ2v) is 9.89. The molecule has 3 aromatic rings. The van der Waals surface area contributed by atoms with Crippen molar-refractivity contribution in [3.8, 4) is 11.1 Å². The van der Waals surface area contributed by atoms with Gasteiger partial charge in [0.25, 0.3) is 0 Å².